The highest BCUT2D eigenvalue weighted by molar-refractivity contribution is 5.81. The molecule has 0 aliphatic heterocycles. The molecule has 0 N–H and O–H groups in total. The van der Waals surface area contributed by atoms with E-state index in [2.05, 4.69) is 24.3 Å². The van der Waals surface area contributed by atoms with E-state index < -0.39 is 0 Å². The molecule has 0 unspecified atom stereocenters. The molecule has 0 radical (unpaired) electrons. The van der Waals surface area contributed by atoms with Gasteiger partial charge in [-0.2, -0.15) is 0 Å². The van der Waals surface area contributed by atoms with E-state index in [1.54, 1.807) is 28.4 Å². The first-order chi connectivity index (χ1) is 14.7. The third-order valence-electron chi connectivity index (χ3n) is 4.76. The van der Waals surface area contributed by atoms with Crippen LogP contribution in [0, 0.1) is 0 Å². The van der Waals surface area contributed by atoms with Gasteiger partial charge in [-0.15, -0.1) is 0 Å². The van der Waals surface area contributed by atoms with Gasteiger partial charge in [-0.25, -0.2) is 0 Å². The summed E-state index contributed by atoms with van der Waals surface area (Å²) in [5.74, 6) is 3.06. The van der Waals surface area contributed by atoms with Crippen LogP contribution in [0.3, 0.4) is 0 Å². The van der Waals surface area contributed by atoms with Crippen molar-refractivity contribution in [2.45, 2.75) is 0 Å². The summed E-state index contributed by atoms with van der Waals surface area (Å²) in [7, 11) is 6.60. The fourth-order valence-corrected chi connectivity index (χ4v) is 3.09. The molecule has 4 nitrogen and oxygen atoms in total. The first-order valence-corrected chi connectivity index (χ1v) is 9.57. The lowest BCUT2D eigenvalue weighted by atomic mass is 10.0. The highest BCUT2D eigenvalue weighted by Crippen LogP contribution is 2.28. The Morgan fingerprint density at radius 1 is 0.467 bits per heavy atom. The SMILES string of the molecule is COc1ccc(C=Cc2ccccc2C=Cc2ccc(OC)cc2OC)c(OC)c1. The van der Waals surface area contributed by atoms with E-state index in [1.165, 1.54) is 0 Å². The molecule has 3 rings (SSSR count). The first kappa shape index (κ1) is 21.1. The van der Waals surface area contributed by atoms with Gasteiger partial charge >= 0.3 is 0 Å². The molecule has 3 aromatic carbocycles. The zero-order valence-electron chi connectivity index (χ0n) is 17.7. The molecule has 0 aliphatic carbocycles. The van der Waals surface area contributed by atoms with Crippen molar-refractivity contribution in [1.82, 2.24) is 0 Å². The van der Waals surface area contributed by atoms with Gasteiger partial charge in [0.05, 0.1) is 28.4 Å². The topological polar surface area (TPSA) is 36.9 Å². The Morgan fingerprint density at radius 3 is 1.23 bits per heavy atom. The molecule has 0 aromatic heterocycles. The Hall–Kier alpha value is -3.66. The van der Waals surface area contributed by atoms with Crippen LogP contribution in [0.1, 0.15) is 22.3 Å². The van der Waals surface area contributed by atoms with Gasteiger partial charge in [-0.1, -0.05) is 48.6 Å². The Morgan fingerprint density at radius 2 is 0.867 bits per heavy atom. The van der Waals surface area contributed by atoms with Crippen molar-refractivity contribution in [3.05, 3.63) is 82.9 Å². The van der Waals surface area contributed by atoms with Crippen LogP contribution in [0.2, 0.25) is 0 Å². The summed E-state index contributed by atoms with van der Waals surface area (Å²) >= 11 is 0. The highest BCUT2D eigenvalue weighted by atomic mass is 16.5. The molecule has 4 heteroatoms. The normalized spacial score (nSPS) is 11.1. The minimum Gasteiger partial charge on any atom is -0.497 e. The van der Waals surface area contributed by atoms with E-state index in [9.17, 15) is 0 Å². The molecular formula is C26H26O4. The van der Waals surface area contributed by atoms with Crippen molar-refractivity contribution >= 4 is 24.3 Å². The van der Waals surface area contributed by atoms with Crippen LogP contribution in [0.4, 0.5) is 0 Å². The van der Waals surface area contributed by atoms with Gasteiger partial charge in [0, 0.05) is 23.3 Å². The molecule has 0 atom stereocenters. The number of methoxy groups -OCH3 is 4. The predicted octanol–water partition coefficient (Wildman–Crippen LogP) is 6.06. The van der Waals surface area contributed by atoms with E-state index >= 15 is 0 Å². The van der Waals surface area contributed by atoms with Crippen molar-refractivity contribution in [2.75, 3.05) is 28.4 Å². The maximum Gasteiger partial charge on any atom is 0.129 e. The first-order valence-electron chi connectivity index (χ1n) is 9.57. The largest absolute Gasteiger partial charge is 0.497 e. The van der Waals surface area contributed by atoms with Crippen molar-refractivity contribution in [3.8, 4) is 23.0 Å². The van der Waals surface area contributed by atoms with Gasteiger partial charge in [-0.05, 0) is 35.4 Å². The van der Waals surface area contributed by atoms with E-state index in [0.717, 1.165) is 45.3 Å². The molecule has 0 bridgehead atoms. The minimum atomic E-state index is 0.765. The van der Waals surface area contributed by atoms with Crippen LogP contribution in [0.5, 0.6) is 23.0 Å². The molecule has 30 heavy (non-hydrogen) atoms. The molecule has 0 amide bonds. The zero-order valence-corrected chi connectivity index (χ0v) is 17.7. The summed E-state index contributed by atoms with van der Waals surface area (Å²) in [6, 6.07) is 19.8. The number of benzene rings is 3. The van der Waals surface area contributed by atoms with Crippen molar-refractivity contribution in [1.29, 1.82) is 0 Å². The molecule has 154 valence electrons. The lowest BCUT2D eigenvalue weighted by Crippen LogP contribution is -1.90. The molecule has 0 saturated carbocycles. The van der Waals surface area contributed by atoms with Crippen LogP contribution < -0.4 is 18.9 Å². The smallest absolute Gasteiger partial charge is 0.129 e. The average Bonchev–Trinajstić information content (AvgIpc) is 2.81. The molecule has 0 saturated heterocycles. The Bertz CT molecular complexity index is 966. The summed E-state index contributed by atoms with van der Waals surface area (Å²) in [5.41, 5.74) is 4.15. The van der Waals surface area contributed by atoms with Crippen molar-refractivity contribution in [2.24, 2.45) is 0 Å². The number of hydrogen-bond donors (Lipinski definition) is 0. The molecule has 0 fully saturated rings. The van der Waals surface area contributed by atoms with Crippen LogP contribution in [0.25, 0.3) is 24.3 Å². The Labute approximate surface area is 178 Å². The lowest BCUT2D eigenvalue weighted by molar-refractivity contribution is 0.393. The second-order valence-electron chi connectivity index (χ2n) is 6.51. The quantitative estimate of drug-likeness (QED) is 0.429. The van der Waals surface area contributed by atoms with E-state index in [4.69, 9.17) is 18.9 Å². The van der Waals surface area contributed by atoms with Crippen LogP contribution >= 0.6 is 0 Å². The van der Waals surface area contributed by atoms with E-state index in [0.29, 0.717) is 0 Å². The fourth-order valence-electron chi connectivity index (χ4n) is 3.09. The number of rotatable bonds is 8. The lowest BCUT2D eigenvalue weighted by Gasteiger charge is -2.08. The van der Waals surface area contributed by atoms with E-state index in [-0.39, 0.29) is 0 Å². The molecule has 0 aliphatic rings. The van der Waals surface area contributed by atoms with E-state index in [1.807, 2.05) is 60.7 Å². The van der Waals surface area contributed by atoms with Gasteiger partial charge < -0.3 is 18.9 Å². The molecule has 3 aromatic rings. The van der Waals surface area contributed by atoms with Gasteiger partial charge in [0.25, 0.3) is 0 Å². The maximum atomic E-state index is 5.49. The highest BCUT2D eigenvalue weighted by Gasteiger charge is 2.04. The van der Waals surface area contributed by atoms with Gasteiger partial charge in [0.1, 0.15) is 23.0 Å². The summed E-state index contributed by atoms with van der Waals surface area (Å²) in [6.45, 7) is 0. The molecular weight excluding hydrogens is 376 g/mol. The predicted molar refractivity (Wildman–Crippen MR) is 123 cm³/mol. The summed E-state index contributed by atoms with van der Waals surface area (Å²) in [5, 5.41) is 0. The standard InChI is InChI=1S/C26H26O4/c1-27-23-15-13-21(25(17-23)29-3)11-9-19-7-5-6-8-20(19)10-12-22-14-16-24(28-2)18-26(22)30-4/h5-18H,1-4H3. The summed E-state index contributed by atoms with van der Waals surface area (Å²) < 4.78 is 21.5. The third kappa shape index (κ3) is 5.03. The van der Waals surface area contributed by atoms with Gasteiger partial charge in [0.15, 0.2) is 0 Å². The average molecular weight is 402 g/mol. The van der Waals surface area contributed by atoms with Crippen molar-refractivity contribution < 1.29 is 18.9 Å². The second kappa shape index (κ2) is 10.2. The zero-order chi connectivity index (χ0) is 21.3. The Balaban J connectivity index is 1.89. The second-order valence-corrected chi connectivity index (χ2v) is 6.51. The summed E-state index contributed by atoms with van der Waals surface area (Å²) in [6.07, 6.45) is 8.24. The minimum absolute atomic E-state index is 0.765. The third-order valence-corrected chi connectivity index (χ3v) is 4.76. The number of ether oxygens (including phenoxy) is 4. The monoisotopic (exact) mass is 402 g/mol. The maximum absolute atomic E-state index is 5.49. The molecule has 0 heterocycles. The number of hydrogen-bond acceptors (Lipinski definition) is 4. The Kier molecular flexibility index (Phi) is 7.17. The fraction of sp³-hybridized carbons (Fsp3) is 0.154. The summed E-state index contributed by atoms with van der Waals surface area (Å²) in [4.78, 5) is 0. The van der Waals surface area contributed by atoms with Gasteiger partial charge in [-0.3, -0.25) is 0 Å². The van der Waals surface area contributed by atoms with Crippen molar-refractivity contribution in [3.63, 3.8) is 0 Å². The van der Waals surface area contributed by atoms with Crippen LogP contribution in [0.15, 0.2) is 60.7 Å². The van der Waals surface area contributed by atoms with Crippen LogP contribution in [-0.4, -0.2) is 28.4 Å². The molecule has 0 spiro atoms. The van der Waals surface area contributed by atoms with Crippen LogP contribution in [-0.2, 0) is 0 Å². The van der Waals surface area contributed by atoms with Gasteiger partial charge in [0.2, 0.25) is 0 Å².